The van der Waals surface area contributed by atoms with Crippen molar-refractivity contribution in [3.05, 3.63) is 0 Å². The van der Waals surface area contributed by atoms with E-state index in [4.69, 9.17) is 19.2 Å². The minimum atomic E-state index is -0.867. The van der Waals surface area contributed by atoms with Crippen molar-refractivity contribution in [1.29, 1.82) is 0 Å². The van der Waals surface area contributed by atoms with Crippen molar-refractivity contribution in [3.63, 3.8) is 0 Å². The predicted molar refractivity (Wildman–Crippen MR) is 41.5 cm³/mol. The molecule has 0 saturated heterocycles. The SMILES string of the molecule is CB(O)OB(C)OB(C)O. The molecule has 0 rings (SSSR count). The van der Waals surface area contributed by atoms with Crippen molar-refractivity contribution in [3.8, 4) is 0 Å². The first-order valence-corrected chi connectivity index (χ1v) is 3.19. The van der Waals surface area contributed by atoms with Gasteiger partial charge in [0.25, 0.3) is 0 Å². The van der Waals surface area contributed by atoms with E-state index in [-0.39, 0.29) is 0 Å². The first-order valence-electron chi connectivity index (χ1n) is 3.19. The van der Waals surface area contributed by atoms with E-state index in [1.807, 2.05) is 0 Å². The summed E-state index contributed by atoms with van der Waals surface area (Å²) in [6.45, 7) is 4.54. The van der Waals surface area contributed by atoms with Crippen LogP contribution < -0.4 is 0 Å². The first kappa shape index (κ1) is 10.0. The average molecular weight is 144 g/mol. The van der Waals surface area contributed by atoms with Gasteiger partial charge in [0, 0.05) is 0 Å². The van der Waals surface area contributed by atoms with Gasteiger partial charge < -0.3 is 19.2 Å². The molecule has 0 bridgehead atoms. The van der Waals surface area contributed by atoms with Gasteiger partial charge in [-0.15, -0.1) is 0 Å². The summed E-state index contributed by atoms with van der Waals surface area (Å²) in [7, 11) is -2.32. The zero-order valence-electron chi connectivity index (χ0n) is 6.44. The maximum atomic E-state index is 8.65. The van der Waals surface area contributed by atoms with Crippen LogP contribution in [0.4, 0.5) is 0 Å². The topological polar surface area (TPSA) is 58.9 Å². The van der Waals surface area contributed by atoms with Crippen molar-refractivity contribution in [1.82, 2.24) is 0 Å². The monoisotopic (exact) mass is 144 g/mol. The van der Waals surface area contributed by atoms with Gasteiger partial charge in [0.1, 0.15) is 0 Å². The maximum Gasteiger partial charge on any atom is 0.437 e. The summed E-state index contributed by atoms with van der Waals surface area (Å²) in [5, 5.41) is 17.3. The third-order valence-electron chi connectivity index (χ3n) is 0.777. The molecule has 56 valence electrons. The van der Waals surface area contributed by atoms with E-state index >= 15 is 0 Å². The summed E-state index contributed by atoms with van der Waals surface area (Å²) in [6, 6.07) is 0. The Bertz CT molecular complexity index is 77.8. The zero-order valence-corrected chi connectivity index (χ0v) is 6.44. The van der Waals surface area contributed by atoms with Gasteiger partial charge in [-0.25, -0.2) is 0 Å². The third kappa shape index (κ3) is 6.16. The van der Waals surface area contributed by atoms with E-state index < -0.39 is 21.4 Å². The molecule has 0 aliphatic rings. The summed E-state index contributed by atoms with van der Waals surface area (Å²) in [5.74, 6) is 0. The molecule has 0 atom stereocenters. The first-order chi connectivity index (χ1) is 4.52. The molecule has 0 aromatic heterocycles. The lowest BCUT2D eigenvalue weighted by atomic mass is 9.81. The molecule has 0 aliphatic heterocycles. The normalized spacial score (nSPS) is 9.30. The van der Waals surface area contributed by atoms with Crippen LogP contribution in [0.5, 0.6) is 0 Å². The Morgan fingerprint density at radius 3 is 1.40 bits per heavy atom. The van der Waals surface area contributed by atoms with E-state index in [1.54, 1.807) is 6.82 Å². The molecule has 7 heteroatoms. The fourth-order valence-corrected chi connectivity index (χ4v) is 0.587. The second-order valence-corrected chi connectivity index (χ2v) is 2.04. The van der Waals surface area contributed by atoms with Crippen LogP contribution in [-0.2, 0) is 9.14 Å². The molecular formula is C3H11B3O4. The fourth-order valence-electron chi connectivity index (χ4n) is 0.587. The Hall–Kier alpha value is 0.0348. The lowest BCUT2D eigenvalue weighted by Gasteiger charge is -2.11. The number of hydrogen-bond donors (Lipinski definition) is 2. The molecule has 0 spiro atoms. The molecule has 0 unspecified atom stereocenters. The van der Waals surface area contributed by atoms with Gasteiger partial charge in [-0.3, -0.25) is 0 Å². The highest BCUT2D eigenvalue weighted by atomic mass is 16.6. The van der Waals surface area contributed by atoms with Crippen LogP contribution in [0.25, 0.3) is 0 Å². The molecule has 0 saturated carbocycles. The van der Waals surface area contributed by atoms with Crippen molar-refractivity contribution < 1.29 is 19.2 Å². The fraction of sp³-hybridized carbons (Fsp3) is 1.00. The molecule has 0 aromatic rings. The maximum absolute atomic E-state index is 8.65. The standard InChI is InChI=1S/C3H11B3O4/c1-4(7)9-6(3)10-5(2)8/h7-8H,1-3H3. The summed E-state index contributed by atoms with van der Waals surface area (Å²) in [6.07, 6.45) is 0. The summed E-state index contributed by atoms with van der Waals surface area (Å²) < 4.78 is 9.47. The van der Waals surface area contributed by atoms with Crippen LogP contribution in [0.2, 0.25) is 20.5 Å². The Labute approximate surface area is 62.0 Å². The Morgan fingerprint density at radius 2 is 1.20 bits per heavy atom. The Balaban J connectivity index is 3.34. The van der Waals surface area contributed by atoms with Crippen molar-refractivity contribution in [2.75, 3.05) is 0 Å². The smallest absolute Gasteiger partial charge is 0.437 e. The number of hydrogen-bond acceptors (Lipinski definition) is 4. The van der Waals surface area contributed by atoms with Gasteiger partial charge in [0.15, 0.2) is 0 Å². The van der Waals surface area contributed by atoms with Crippen LogP contribution in [-0.4, -0.2) is 31.4 Å². The largest absolute Gasteiger partial charge is 0.452 e. The van der Waals surface area contributed by atoms with Crippen molar-refractivity contribution in [2.45, 2.75) is 20.5 Å². The highest BCUT2D eigenvalue weighted by molar-refractivity contribution is 6.63. The van der Waals surface area contributed by atoms with Gasteiger partial charge in [-0.2, -0.15) is 0 Å². The summed E-state index contributed by atoms with van der Waals surface area (Å²) in [4.78, 5) is 0. The molecule has 4 nitrogen and oxygen atoms in total. The summed E-state index contributed by atoms with van der Waals surface area (Å²) >= 11 is 0. The third-order valence-corrected chi connectivity index (χ3v) is 0.777. The minimum absolute atomic E-state index is 0.583. The minimum Gasteiger partial charge on any atom is -0.452 e. The van der Waals surface area contributed by atoms with Gasteiger partial charge in [0.05, 0.1) is 0 Å². The molecule has 10 heavy (non-hydrogen) atoms. The predicted octanol–water partition coefficient (Wildman–Crippen LogP) is -0.642. The van der Waals surface area contributed by atoms with Crippen molar-refractivity contribution >= 4 is 21.4 Å². The highest BCUT2D eigenvalue weighted by Gasteiger charge is 2.19. The van der Waals surface area contributed by atoms with Gasteiger partial charge in [-0.1, -0.05) is 0 Å². The molecule has 0 heterocycles. The lowest BCUT2D eigenvalue weighted by Crippen LogP contribution is -2.32. The van der Waals surface area contributed by atoms with Gasteiger partial charge in [-0.05, 0) is 20.5 Å². The highest BCUT2D eigenvalue weighted by Crippen LogP contribution is 1.92. The van der Waals surface area contributed by atoms with Crippen LogP contribution in [0.3, 0.4) is 0 Å². The quantitative estimate of drug-likeness (QED) is 0.514. The lowest BCUT2D eigenvalue weighted by molar-refractivity contribution is 0.344. The van der Waals surface area contributed by atoms with Crippen LogP contribution in [0.1, 0.15) is 0 Å². The Morgan fingerprint density at radius 1 is 0.900 bits per heavy atom. The van der Waals surface area contributed by atoms with Crippen molar-refractivity contribution in [2.24, 2.45) is 0 Å². The number of rotatable bonds is 4. The Kier molecular flexibility index (Phi) is 4.81. The van der Waals surface area contributed by atoms with Gasteiger partial charge in [0.2, 0.25) is 0 Å². The summed E-state index contributed by atoms with van der Waals surface area (Å²) in [5.41, 5.74) is 0. The van der Waals surface area contributed by atoms with E-state index in [2.05, 4.69) is 0 Å². The zero-order chi connectivity index (χ0) is 8.15. The molecule has 0 amide bonds. The van der Waals surface area contributed by atoms with Gasteiger partial charge >= 0.3 is 21.4 Å². The molecular weight excluding hydrogens is 132 g/mol. The second kappa shape index (κ2) is 4.79. The molecule has 0 fully saturated rings. The van der Waals surface area contributed by atoms with Crippen LogP contribution in [0, 0.1) is 0 Å². The van der Waals surface area contributed by atoms with E-state index in [0.29, 0.717) is 0 Å². The molecule has 2 N–H and O–H groups in total. The van der Waals surface area contributed by atoms with E-state index in [1.165, 1.54) is 13.6 Å². The van der Waals surface area contributed by atoms with Crippen LogP contribution in [0.15, 0.2) is 0 Å². The average Bonchev–Trinajstić information content (AvgIpc) is 1.58. The molecule has 0 aromatic carbocycles. The van der Waals surface area contributed by atoms with E-state index in [0.717, 1.165) is 0 Å². The van der Waals surface area contributed by atoms with Crippen LogP contribution >= 0.6 is 0 Å². The van der Waals surface area contributed by atoms with E-state index in [9.17, 15) is 0 Å². The second-order valence-electron chi connectivity index (χ2n) is 2.04. The molecule has 0 aliphatic carbocycles. The molecule has 0 radical (unpaired) electrons.